The summed E-state index contributed by atoms with van der Waals surface area (Å²) in [5, 5.41) is 24.6. The summed E-state index contributed by atoms with van der Waals surface area (Å²) in [7, 11) is 0. The second kappa shape index (κ2) is 9.60. The largest absolute Gasteiger partial charge is 0.480 e. The molecule has 0 spiro atoms. The molecule has 0 saturated carbocycles. The number of hydrogen-bond acceptors (Lipinski definition) is 5. The molecule has 2 aromatic rings. The number of non-ortho nitro benzene ring substituents is 1. The quantitative estimate of drug-likeness (QED) is 0.329. The minimum Gasteiger partial charge on any atom is -0.480 e. The van der Waals surface area contributed by atoms with Crippen LogP contribution in [0.2, 0.25) is 0 Å². The molecule has 0 heterocycles. The van der Waals surface area contributed by atoms with Crippen LogP contribution in [0.1, 0.15) is 22.8 Å². The number of carboxylic acids is 1. The Kier molecular flexibility index (Phi) is 7.21. The van der Waals surface area contributed by atoms with Gasteiger partial charge in [0.15, 0.2) is 0 Å². The predicted octanol–water partition coefficient (Wildman–Crippen LogP) is 2.72. The highest BCUT2D eigenvalue weighted by Crippen LogP contribution is 2.18. The number of hydrogen-bond donors (Lipinski definition) is 3. The number of carboxylic acid groups (broad SMARTS) is 1. The molecular weight excluding hydrogens is 446 g/mol. The molecule has 0 aromatic heterocycles. The number of amides is 2. The van der Waals surface area contributed by atoms with E-state index in [0.29, 0.717) is 4.47 Å². The molecule has 1 atom stereocenters. The van der Waals surface area contributed by atoms with Gasteiger partial charge in [0.2, 0.25) is 0 Å². The first-order valence-corrected chi connectivity index (χ1v) is 9.04. The van der Waals surface area contributed by atoms with E-state index in [-0.39, 0.29) is 22.5 Å². The number of carbonyl (C=O) groups excluding carboxylic acids is 2. The topological polar surface area (TPSA) is 139 Å². The van der Waals surface area contributed by atoms with Crippen molar-refractivity contribution in [3.05, 3.63) is 79.9 Å². The highest BCUT2D eigenvalue weighted by Gasteiger charge is 2.20. The van der Waals surface area contributed by atoms with Crippen LogP contribution in [0.25, 0.3) is 6.08 Å². The summed E-state index contributed by atoms with van der Waals surface area (Å²) in [6.45, 7) is 1.26. The van der Waals surface area contributed by atoms with E-state index in [1.165, 1.54) is 43.3 Å². The Hall–Kier alpha value is -3.53. The van der Waals surface area contributed by atoms with Crippen LogP contribution in [0, 0.1) is 10.1 Å². The summed E-state index contributed by atoms with van der Waals surface area (Å²) in [5.74, 6) is -2.73. The van der Waals surface area contributed by atoms with E-state index in [4.69, 9.17) is 5.11 Å². The summed E-state index contributed by atoms with van der Waals surface area (Å²) in [4.78, 5) is 46.5. The second-order valence-corrected chi connectivity index (χ2v) is 6.73. The fraction of sp³-hybridized carbons (Fsp3) is 0.105. The van der Waals surface area contributed by atoms with Crippen LogP contribution in [0.4, 0.5) is 5.69 Å². The number of nitro benzene ring substituents is 1. The Morgan fingerprint density at radius 2 is 1.86 bits per heavy atom. The molecule has 2 aromatic carbocycles. The minimum absolute atomic E-state index is 0.199. The maximum atomic E-state index is 12.6. The Morgan fingerprint density at radius 3 is 2.48 bits per heavy atom. The van der Waals surface area contributed by atoms with Crippen LogP contribution < -0.4 is 10.6 Å². The van der Waals surface area contributed by atoms with Gasteiger partial charge in [0.05, 0.1) is 10.5 Å². The van der Waals surface area contributed by atoms with Gasteiger partial charge in [-0.1, -0.05) is 24.3 Å². The lowest BCUT2D eigenvalue weighted by Crippen LogP contribution is -2.42. The van der Waals surface area contributed by atoms with Crippen molar-refractivity contribution in [3.63, 3.8) is 0 Å². The van der Waals surface area contributed by atoms with Gasteiger partial charge in [-0.2, -0.15) is 0 Å². The van der Waals surface area contributed by atoms with Gasteiger partial charge < -0.3 is 15.7 Å². The first-order valence-electron chi connectivity index (χ1n) is 8.24. The van der Waals surface area contributed by atoms with E-state index < -0.39 is 28.7 Å². The Bertz CT molecular complexity index is 1000. The van der Waals surface area contributed by atoms with Crippen molar-refractivity contribution >= 4 is 45.5 Å². The van der Waals surface area contributed by atoms with Gasteiger partial charge in [-0.15, -0.1) is 0 Å². The lowest BCUT2D eigenvalue weighted by atomic mass is 10.1. The van der Waals surface area contributed by atoms with Crippen molar-refractivity contribution < 1.29 is 24.4 Å². The van der Waals surface area contributed by atoms with Crippen LogP contribution in [-0.4, -0.2) is 33.9 Å². The molecule has 1 unspecified atom stereocenters. The van der Waals surface area contributed by atoms with Crippen LogP contribution in [-0.2, 0) is 9.59 Å². The maximum Gasteiger partial charge on any atom is 0.325 e. The van der Waals surface area contributed by atoms with Gasteiger partial charge in [-0.05, 0) is 46.6 Å². The van der Waals surface area contributed by atoms with E-state index in [0.717, 1.165) is 0 Å². The van der Waals surface area contributed by atoms with Crippen molar-refractivity contribution in [3.8, 4) is 0 Å². The number of nitrogens with one attached hydrogen (secondary N) is 2. The van der Waals surface area contributed by atoms with E-state index in [2.05, 4.69) is 26.6 Å². The molecule has 2 rings (SSSR count). The molecule has 3 N–H and O–H groups in total. The van der Waals surface area contributed by atoms with E-state index in [1.54, 1.807) is 18.2 Å². The first-order chi connectivity index (χ1) is 13.7. The van der Waals surface area contributed by atoms with Crippen LogP contribution in [0.15, 0.2) is 58.7 Å². The van der Waals surface area contributed by atoms with Crippen molar-refractivity contribution in [2.45, 2.75) is 13.0 Å². The van der Waals surface area contributed by atoms with Crippen molar-refractivity contribution in [1.29, 1.82) is 0 Å². The van der Waals surface area contributed by atoms with E-state index in [1.807, 2.05) is 0 Å². The number of benzene rings is 2. The minimum atomic E-state index is -1.26. The smallest absolute Gasteiger partial charge is 0.325 e. The van der Waals surface area contributed by atoms with Gasteiger partial charge in [0, 0.05) is 16.6 Å². The third kappa shape index (κ3) is 5.98. The maximum absolute atomic E-state index is 12.6. The standard InChI is InChI=1S/C19H16BrN3O6/c1-11(19(26)27)21-18(25)16(10-12-5-4-6-13(9-12)23(28)29)22-17(24)14-7-2-3-8-15(14)20/h2-11H,1H3,(H,21,25)(H,22,24)(H,26,27)/b16-10+. The third-order valence-corrected chi connectivity index (χ3v) is 4.41. The first kappa shape index (κ1) is 21.8. The number of aliphatic carboxylic acids is 1. The zero-order valence-electron chi connectivity index (χ0n) is 15.1. The van der Waals surface area contributed by atoms with Gasteiger partial charge in [0.1, 0.15) is 11.7 Å². The summed E-state index contributed by atoms with van der Waals surface area (Å²) in [5.41, 5.74) is 0.0603. The second-order valence-electron chi connectivity index (χ2n) is 5.88. The number of halogens is 1. The molecule has 0 fully saturated rings. The Labute approximate surface area is 173 Å². The Balaban J connectivity index is 2.40. The third-order valence-electron chi connectivity index (χ3n) is 3.72. The van der Waals surface area contributed by atoms with Crippen LogP contribution in [0.3, 0.4) is 0 Å². The predicted molar refractivity (Wildman–Crippen MR) is 108 cm³/mol. The highest BCUT2D eigenvalue weighted by atomic mass is 79.9. The molecular formula is C19H16BrN3O6. The molecule has 0 aliphatic carbocycles. The van der Waals surface area contributed by atoms with E-state index >= 15 is 0 Å². The summed E-state index contributed by atoms with van der Waals surface area (Å²) < 4.78 is 0.492. The van der Waals surface area contributed by atoms with Gasteiger partial charge in [-0.3, -0.25) is 24.5 Å². The molecule has 0 radical (unpaired) electrons. The summed E-state index contributed by atoms with van der Waals surface area (Å²) in [6.07, 6.45) is 1.23. The van der Waals surface area contributed by atoms with Crippen LogP contribution >= 0.6 is 15.9 Å². The number of nitrogens with zero attached hydrogens (tertiary/aromatic N) is 1. The summed E-state index contributed by atoms with van der Waals surface area (Å²) >= 11 is 3.24. The lowest BCUT2D eigenvalue weighted by molar-refractivity contribution is -0.384. The Morgan fingerprint density at radius 1 is 1.17 bits per heavy atom. The molecule has 150 valence electrons. The number of nitro groups is 1. The lowest BCUT2D eigenvalue weighted by Gasteiger charge is -2.14. The van der Waals surface area contributed by atoms with Gasteiger partial charge in [0.25, 0.3) is 17.5 Å². The van der Waals surface area contributed by atoms with Gasteiger partial charge in [-0.25, -0.2) is 0 Å². The van der Waals surface area contributed by atoms with Crippen LogP contribution in [0.5, 0.6) is 0 Å². The van der Waals surface area contributed by atoms with Crippen molar-refractivity contribution in [2.75, 3.05) is 0 Å². The molecule has 0 aliphatic rings. The SMILES string of the molecule is CC(NC(=O)/C(=C\c1cccc([N+](=O)[O-])c1)NC(=O)c1ccccc1Br)C(=O)O. The zero-order chi connectivity index (χ0) is 21.6. The number of rotatable bonds is 7. The molecule has 0 saturated heterocycles. The van der Waals surface area contributed by atoms with Crippen molar-refractivity contribution in [2.24, 2.45) is 0 Å². The average Bonchev–Trinajstić information content (AvgIpc) is 2.67. The molecule has 10 heteroatoms. The molecule has 29 heavy (non-hydrogen) atoms. The molecule has 0 aliphatic heterocycles. The summed E-state index contributed by atoms with van der Waals surface area (Å²) in [6, 6.07) is 10.7. The monoisotopic (exact) mass is 461 g/mol. The fourth-order valence-corrected chi connectivity index (χ4v) is 2.69. The molecule has 9 nitrogen and oxygen atoms in total. The highest BCUT2D eigenvalue weighted by molar-refractivity contribution is 9.10. The average molecular weight is 462 g/mol. The van der Waals surface area contributed by atoms with E-state index in [9.17, 15) is 24.5 Å². The zero-order valence-corrected chi connectivity index (χ0v) is 16.7. The normalized spacial score (nSPS) is 12.0. The molecule has 0 bridgehead atoms. The molecule has 2 amide bonds. The van der Waals surface area contributed by atoms with Crippen molar-refractivity contribution in [1.82, 2.24) is 10.6 Å². The fourth-order valence-electron chi connectivity index (χ4n) is 2.22. The van der Waals surface area contributed by atoms with Gasteiger partial charge >= 0.3 is 5.97 Å². The number of carbonyl (C=O) groups is 3.